The van der Waals surface area contributed by atoms with Crippen molar-refractivity contribution in [1.82, 2.24) is 19.4 Å². The summed E-state index contributed by atoms with van der Waals surface area (Å²) < 4.78 is 87.5. The van der Waals surface area contributed by atoms with Crippen molar-refractivity contribution in [2.45, 2.75) is 17.6 Å². The number of nitrogens with zero attached hydrogens (tertiary/aromatic N) is 4. The summed E-state index contributed by atoms with van der Waals surface area (Å²) in [6.45, 7) is 1.56. The molecule has 49 heavy (non-hydrogen) atoms. The molecule has 2 N–H and O–H groups in total. The maximum Gasteiger partial charge on any atom is 0.422 e. The second kappa shape index (κ2) is 13.5. The van der Waals surface area contributed by atoms with Crippen molar-refractivity contribution in [3.05, 3.63) is 102 Å². The second-order valence-electron chi connectivity index (χ2n) is 11.6. The number of fused-ring (bicyclic) bond motifs is 1. The highest BCUT2D eigenvalue weighted by Crippen LogP contribution is 2.30. The van der Waals surface area contributed by atoms with Gasteiger partial charge in [0.1, 0.15) is 23.0 Å². The van der Waals surface area contributed by atoms with Gasteiger partial charge in [-0.1, -0.05) is 12.1 Å². The van der Waals surface area contributed by atoms with Crippen LogP contribution in [0.5, 0.6) is 17.4 Å². The quantitative estimate of drug-likeness (QED) is 0.196. The number of piperazine rings is 1. The number of carbonyl (C=O) groups excluding carboxylic acids is 1. The van der Waals surface area contributed by atoms with Gasteiger partial charge in [-0.2, -0.15) is 13.2 Å². The Hall–Kier alpha value is -4.99. The van der Waals surface area contributed by atoms with Gasteiger partial charge in [0.05, 0.1) is 10.4 Å². The van der Waals surface area contributed by atoms with E-state index in [4.69, 9.17) is 14.6 Å². The SMILES string of the molecule is Cn1c(C(=O)N2CCN(Cc3ccc(OCC(F)(F)F)cc3)CC2)cc2ccc(Oc3ccc(-c4cc(S(N)(=O)=O)ccc4F)cn3)cc21. The van der Waals surface area contributed by atoms with Crippen molar-refractivity contribution in [2.24, 2.45) is 12.2 Å². The van der Waals surface area contributed by atoms with Gasteiger partial charge in [0.2, 0.25) is 15.9 Å². The first-order valence-electron chi connectivity index (χ1n) is 15.1. The fourth-order valence-electron chi connectivity index (χ4n) is 5.59. The monoisotopic (exact) mass is 697 g/mol. The Morgan fingerprint density at radius 2 is 1.63 bits per heavy atom. The van der Waals surface area contributed by atoms with Gasteiger partial charge in [-0.25, -0.2) is 22.9 Å². The topological polar surface area (TPSA) is 120 Å². The lowest BCUT2D eigenvalue weighted by Crippen LogP contribution is -2.48. The average molecular weight is 698 g/mol. The summed E-state index contributed by atoms with van der Waals surface area (Å²) in [5.41, 5.74) is 2.58. The molecule has 0 radical (unpaired) electrons. The number of carbonyl (C=O) groups is 1. The Kier molecular flexibility index (Phi) is 9.33. The molecule has 256 valence electrons. The number of amides is 1. The van der Waals surface area contributed by atoms with E-state index in [-0.39, 0.29) is 28.0 Å². The summed E-state index contributed by atoms with van der Waals surface area (Å²) in [5.74, 6) is 0.1000. The molecule has 1 saturated heterocycles. The van der Waals surface area contributed by atoms with Crippen molar-refractivity contribution in [2.75, 3.05) is 32.8 Å². The van der Waals surface area contributed by atoms with Gasteiger partial charge in [-0.3, -0.25) is 9.69 Å². The Morgan fingerprint density at radius 3 is 2.29 bits per heavy atom. The number of ether oxygens (including phenoxy) is 2. The lowest BCUT2D eigenvalue weighted by molar-refractivity contribution is -0.153. The first-order valence-corrected chi connectivity index (χ1v) is 16.6. The minimum atomic E-state index is -4.39. The number of hydrogen-bond acceptors (Lipinski definition) is 7. The number of hydrogen-bond donors (Lipinski definition) is 1. The molecule has 0 saturated carbocycles. The molecule has 0 spiro atoms. The smallest absolute Gasteiger partial charge is 0.422 e. The van der Waals surface area contributed by atoms with Gasteiger partial charge < -0.3 is 18.9 Å². The van der Waals surface area contributed by atoms with Gasteiger partial charge in [-0.05, 0) is 60.2 Å². The normalized spacial score (nSPS) is 14.3. The van der Waals surface area contributed by atoms with Crippen LogP contribution in [-0.2, 0) is 23.6 Å². The molecule has 0 aliphatic carbocycles. The number of halogens is 4. The molecule has 3 heterocycles. The zero-order valence-corrected chi connectivity index (χ0v) is 27.0. The van der Waals surface area contributed by atoms with Crippen molar-refractivity contribution in [3.63, 3.8) is 0 Å². The molecule has 1 amide bonds. The molecule has 1 aliphatic rings. The van der Waals surface area contributed by atoms with Crippen molar-refractivity contribution >= 4 is 26.8 Å². The predicted octanol–water partition coefficient (Wildman–Crippen LogP) is 5.72. The molecule has 6 rings (SSSR count). The van der Waals surface area contributed by atoms with Crippen LogP contribution < -0.4 is 14.6 Å². The average Bonchev–Trinajstić information content (AvgIpc) is 3.39. The van der Waals surface area contributed by atoms with Crippen molar-refractivity contribution in [1.29, 1.82) is 0 Å². The summed E-state index contributed by atoms with van der Waals surface area (Å²) in [7, 11) is -2.21. The van der Waals surface area contributed by atoms with E-state index in [1.807, 2.05) is 12.1 Å². The Balaban J connectivity index is 1.07. The fraction of sp³-hybridized carbons (Fsp3) is 0.235. The zero-order chi connectivity index (χ0) is 34.9. The molecule has 1 fully saturated rings. The number of aromatic nitrogens is 2. The first-order chi connectivity index (χ1) is 23.2. The number of aryl methyl sites for hydroxylation is 1. The third-order valence-electron chi connectivity index (χ3n) is 8.16. The Morgan fingerprint density at radius 1 is 0.918 bits per heavy atom. The van der Waals surface area contributed by atoms with Gasteiger partial charge in [0.15, 0.2) is 6.61 Å². The summed E-state index contributed by atoms with van der Waals surface area (Å²) in [4.78, 5) is 21.5. The van der Waals surface area contributed by atoms with E-state index >= 15 is 0 Å². The minimum Gasteiger partial charge on any atom is -0.484 e. The molecule has 15 heteroatoms. The fourth-order valence-corrected chi connectivity index (χ4v) is 6.13. The number of alkyl halides is 3. The van der Waals surface area contributed by atoms with Crippen LogP contribution in [0, 0.1) is 5.82 Å². The Labute approximate surface area is 279 Å². The van der Waals surface area contributed by atoms with Crippen LogP contribution in [0.3, 0.4) is 0 Å². The molecule has 0 atom stereocenters. The molecule has 0 unspecified atom stereocenters. The molecule has 3 aromatic carbocycles. The number of pyridine rings is 1. The van der Waals surface area contributed by atoms with E-state index in [9.17, 15) is 30.8 Å². The number of sulfonamides is 1. The second-order valence-corrected chi connectivity index (χ2v) is 13.2. The van der Waals surface area contributed by atoms with Crippen LogP contribution in [0.1, 0.15) is 16.1 Å². The number of rotatable bonds is 9. The standard InChI is InChI=1S/C34H31F4N5O5S/c1-41-30-17-26(48-32-11-5-24(19-40-32)28-18-27(49(39,45)46)9-10-29(28)35)8-4-23(30)16-31(41)33(44)43-14-12-42(13-15-43)20-22-2-6-25(7-3-22)47-21-34(36,37)38/h2-11,16-19H,12-15,20-21H2,1H3,(H2,39,45,46). The van der Waals surface area contributed by atoms with E-state index in [0.29, 0.717) is 49.7 Å². The summed E-state index contributed by atoms with van der Waals surface area (Å²) >= 11 is 0. The van der Waals surface area contributed by atoms with E-state index in [1.54, 1.807) is 46.8 Å². The minimum absolute atomic E-state index is 0.0284. The van der Waals surface area contributed by atoms with E-state index in [2.05, 4.69) is 9.88 Å². The molecule has 1 aliphatic heterocycles. The maximum absolute atomic E-state index is 14.5. The third-order valence-corrected chi connectivity index (χ3v) is 9.07. The molecule has 2 aromatic heterocycles. The van der Waals surface area contributed by atoms with E-state index in [1.165, 1.54) is 24.4 Å². The maximum atomic E-state index is 14.5. The largest absolute Gasteiger partial charge is 0.484 e. The van der Waals surface area contributed by atoms with Crippen LogP contribution in [0.4, 0.5) is 17.6 Å². The molecular formula is C34H31F4N5O5S. The van der Waals surface area contributed by atoms with Gasteiger partial charge in [-0.15, -0.1) is 0 Å². The Bertz CT molecular complexity index is 2090. The summed E-state index contributed by atoms with van der Waals surface area (Å²) in [6.07, 6.45) is -3.03. The van der Waals surface area contributed by atoms with E-state index in [0.717, 1.165) is 34.7 Å². The molecule has 0 bridgehead atoms. The van der Waals surface area contributed by atoms with E-state index < -0.39 is 28.6 Å². The van der Waals surface area contributed by atoms with Gasteiger partial charge in [0.25, 0.3) is 5.91 Å². The molecular weight excluding hydrogens is 666 g/mol. The number of nitrogens with two attached hydrogens (primary N) is 1. The van der Waals surface area contributed by atoms with Crippen LogP contribution in [0.2, 0.25) is 0 Å². The molecule has 5 aromatic rings. The summed E-state index contributed by atoms with van der Waals surface area (Å²) in [5, 5.41) is 6.02. The van der Waals surface area contributed by atoms with Crippen LogP contribution in [-0.4, -0.2) is 72.6 Å². The van der Waals surface area contributed by atoms with Crippen molar-refractivity contribution < 1.29 is 40.2 Å². The predicted molar refractivity (Wildman–Crippen MR) is 173 cm³/mol. The lowest BCUT2D eigenvalue weighted by Gasteiger charge is -2.34. The summed E-state index contributed by atoms with van der Waals surface area (Å²) in [6, 6.07) is 20.1. The first kappa shape index (κ1) is 33.9. The third kappa shape index (κ3) is 8.01. The number of primary sulfonamides is 1. The zero-order valence-electron chi connectivity index (χ0n) is 26.2. The lowest BCUT2D eigenvalue weighted by atomic mass is 10.1. The van der Waals surface area contributed by atoms with Gasteiger partial charge >= 0.3 is 6.18 Å². The van der Waals surface area contributed by atoms with Crippen LogP contribution in [0.25, 0.3) is 22.0 Å². The molecule has 10 nitrogen and oxygen atoms in total. The van der Waals surface area contributed by atoms with Crippen LogP contribution >= 0.6 is 0 Å². The highest BCUT2D eigenvalue weighted by atomic mass is 32.2. The number of benzene rings is 3. The highest BCUT2D eigenvalue weighted by molar-refractivity contribution is 7.89. The van der Waals surface area contributed by atoms with Crippen LogP contribution in [0.15, 0.2) is 90.0 Å². The van der Waals surface area contributed by atoms with Crippen molar-refractivity contribution in [3.8, 4) is 28.5 Å². The highest BCUT2D eigenvalue weighted by Gasteiger charge is 2.28. The van der Waals surface area contributed by atoms with Gasteiger partial charge in [0, 0.05) is 74.6 Å².